The number of aliphatic hydroxyl groups excluding tert-OH is 1. The van der Waals surface area contributed by atoms with Gasteiger partial charge in [-0.25, -0.2) is 0 Å². The summed E-state index contributed by atoms with van der Waals surface area (Å²) in [6, 6.07) is 0. The minimum absolute atomic E-state index is 0.0859. The fraction of sp³-hybridized carbons (Fsp3) is 1.00. The van der Waals surface area contributed by atoms with Gasteiger partial charge in [0, 0.05) is 0 Å². The molecule has 0 spiro atoms. The van der Waals surface area contributed by atoms with Crippen molar-refractivity contribution in [1.82, 2.24) is 0 Å². The summed E-state index contributed by atoms with van der Waals surface area (Å²) >= 11 is 0. The standard InChI is InChI=1S/C10H20O3/c1-9(2,12)7-4-5-10(3,13)8(11)6-7/h7-8,11-13H,4-6H2,1-3H3/t7-,8-,10-/m0/s1. The Hall–Kier alpha value is -0.120. The molecule has 1 aliphatic carbocycles. The summed E-state index contributed by atoms with van der Waals surface area (Å²) < 4.78 is 0. The van der Waals surface area contributed by atoms with Crippen LogP contribution in [0.3, 0.4) is 0 Å². The first-order chi connectivity index (χ1) is 5.73. The van der Waals surface area contributed by atoms with Crippen LogP contribution in [-0.4, -0.2) is 32.6 Å². The second-order valence-corrected chi connectivity index (χ2v) is 5.00. The van der Waals surface area contributed by atoms with Crippen LogP contribution in [0.2, 0.25) is 0 Å². The summed E-state index contributed by atoms with van der Waals surface area (Å²) in [7, 11) is 0. The van der Waals surface area contributed by atoms with Crippen molar-refractivity contribution >= 4 is 0 Å². The summed E-state index contributed by atoms with van der Waals surface area (Å²) in [5, 5.41) is 29.0. The molecule has 1 saturated carbocycles. The maximum atomic E-state index is 9.74. The second-order valence-electron chi connectivity index (χ2n) is 5.00. The van der Waals surface area contributed by atoms with Gasteiger partial charge < -0.3 is 15.3 Å². The largest absolute Gasteiger partial charge is 0.390 e. The molecular weight excluding hydrogens is 168 g/mol. The van der Waals surface area contributed by atoms with E-state index in [0.717, 1.165) is 6.42 Å². The Balaban J connectivity index is 2.61. The molecule has 0 aromatic rings. The summed E-state index contributed by atoms with van der Waals surface area (Å²) in [5.74, 6) is 0.0859. The Morgan fingerprint density at radius 2 is 1.92 bits per heavy atom. The minimum atomic E-state index is -0.970. The zero-order valence-electron chi connectivity index (χ0n) is 8.62. The molecule has 78 valence electrons. The quantitative estimate of drug-likeness (QED) is 0.567. The van der Waals surface area contributed by atoms with Crippen LogP contribution >= 0.6 is 0 Å². The van der Waals surface area contributed by atoms with Crippen molar-refractivity contribution in [3.05, 3.63) is 0 Å². The maximum Gasteiger partial charge on any atom is 0.0877 e. The molecule has 0 heterocycles. The molecular formula is C10H20O3. The Bertz CT molecular complexity index is 181. The molecule has 3 N–H and O–H groups in total. The lowest BCUT2D eigenvalue weighted by molar-refractivity contribution is -0.126. The molecule has 0 unspecified atom stereocenters. The van der Waals surface area contributed by atoms with Gasteiger partial charge in [0.1, 0.15) is 0 Å². The van der Waals surface area contributed by atoms with Crippen LogP contribution in [0, 0.1) is 5.92 Å². The zero-order valence-corrected chi connectivity index (χ0v) is 8.62. The summed E-state index contributed by atoms with van der Waals surface area (Å²) in [6.07, 6.45) is 1.10. The average Bonchev–Trinajstić information content (AvgIpc) is 1.92. The highest BCUT2D eigenvalue weighted by atomic mass is 16.3. The van der Waals surface area contributed by atoms with E-state index in [2.05, 4.69) is 0 Å². The second kappa shape index (κ2) is 3.23. The lowest BCUT2D eigenvalue weighted by atomic mass is 9.72. The third kappa shape index (κ3) is 2.42. The van der Waals surface area contributed by atoms with Crippen LogP contribution in [0.15, 0.2) is 0 Å². The first-order valence-corrected chi connectivity index (χ1v) is 4.86. The van der Waals surface area contributed by atoms with Crippen molar-refractivity contribution in [3.63, 3.8) is 0 Å². The summed E-state index contributed by atoms with van der Waals surface area (Å²) in [5.41, 5.74) is -1.72. The van der Waals surface area contributed by atoms with Gasteiger partial charge >= 0.3 is 0 Å². The van der Waals surface area contributed by atoms with Crippen LogP contribution in [0.25, 0.3) is 0 Å². The smallest absolute Gasteiger partial charge is 0.0877 e. The van der Waals surface area contributed by atoms with Crippen molar-refractivity contribution in [3.8, 4) is 0 Å². The Morgan fingerprint density at radius 1 is 1.38 bits per heavy atom. The molecule has 0 aromatic carbocycles. The van der Waals surface area contributed by atoms with Crippen molar-refractivity contribution in [1.29, 1.82) is 0 Å². The monoisotopic (exact) mass is 188 g/mol. The number of hydrogen-bond donors (Lipinski definition) is 3. The fourth-order valence-electron chi connectivity index (χ4n) is 1.92. The van der Waals surface area contributed by atoms with E-state index in [1.165, 1.54) is 0 Å². The van der Waals surface area contributed by atoms with Gasteiger partial charge in [-0.05, 0) is 46.0 Å². The number of aliphatic hydroxyl groups is 3. The van der Waals surface area contributed by atoms with E-state index in [9.17, 15) is 15.3 Å². The predicted octanol–water partition coefficient (Wildman–Crippen LogP) is 0.669. The van der Waals surface area contributed by atoms with E-state index in [0.29, 0.717) is 12.8 Å². The van der Waals surface area contributed by atoms with Gasteiger partial charge in [-0.1, -0.05) is 0 Å². The first-order valence-electron chi connectivity index (χ1n) is 4.86. The van der Waals surface area contributed by atoms with Gasteiger partial charge in [0.05, 0.1) is 17.3 Å². The van der Waals surface area contributed by atoms with Crippen LogP contribution < -0.4 is 0 Å². The number of rotatable bonds is 1. The third-order valence-electron chi connectivity index (χ3n) is 3.22. The van der Waals surface area contributed by atoms with E-state index in [1.807, 2.05) is 0 Å². The topological polar surface area (TPSA) is 60.7 Å². The molecule has 1 aliphatic rings. The normalized spacial score (nSPS) is 42.0. The highest BCUT2D eigenvalue weighted by Gasteiger charge is 2.41. The molecule has 3 heteroatoms. The molecule has 0 aliphatic heterocycles. The van der Waals surface area contributed by atoms with E-state index < -0.39 is 17.3 Å². The summed E-state index contributed by atoms with van der Waals surface area (Å²) in [4.78, 5) is 0. The van der Waals surface area contributed by atoms with Gasteiger partial charge in [-0.15, -0.1) is 0 Å². The van der Waals surface area contributed by atoms with Gasteiger partial charge in [-0.3, -0.25) is 0 Å². The maximum absolute atomic E-state index is 9.74. The Labute approximate surface area is 79.4 Å². The molecule has 0 radical (unpaired) electrons. The molecule has 1 rings (SSSR count). The van der Waals surface area contributed by atoms with Crippen molar-refractivity contribution in [2.24, 2.45) is 5.92 Å². The van der Waals surface area contributed by atoms with Crippen LogP contribution in [0.5, 0.6) is 0 Å². The molecule has 13 heavy (non-hydrogen) atoms. The highest BCUT2D eigenvalue weighted by molar-refractivity contribution is 4.93. The summed E-state index contributed by atoms with van der Waals surface area (Å²) in [6.45, 7) is 5.16. The van der Waals surface area contributed by atoms with E-state index in [-0.39, 0.29) is 5.92 Å². The van der Waals surface area contributed by atoms with Crippen molar-refractivity contribution < 1.29 is 15.3 Å². The first kappa shape index (κ1) is 11.0. The zero-order chi connectivity index (χ0) is 10.3. The minimum Gasteiger partial charge on any atom is -0.390 e. The molecule has 0 bridgehead atoms. The highest BCUT2D eigenvalue weighted by Crippen LogP contribution is 2.37. The van der Waals surface area contributed by atoms with Crippen molar-refractivity contribution in [2.45, 2.75) is 57.3 Å². The Morgan fingerprint density at radius 3 is 2.31 bits per heavy atom. The van der Waals surface area contributed by atoms with Gasteiger partial charge in [-0.2, -0.15) is 0 Å². The van der Waals surface area contributed by atoms with Crippen LogP contribution in [-0.2, 0) is 0 Å². The molecule has 0 saturated heterocycles. The van der Waals surface area contributed by atoms with Crippen LogP contribution in [0.4, 0.5) is 0 Å². The van der Waals surface area contributed by atoms with E-state index >= 15 is 0 Å². The van der Waals surface area contributed by atoms with Gasteiger partial charge in [0.15, 0.2) is 0 Å². The lowest BCUT2D eigenvalue weighted by Gasteiger charge is -2.42. The average molecular weight is 188 g/mol. The number of hydrogen-bond acceptors (Lipinski definition) is 3. The molecule has 1 fully saturated rings. The van der Waals surface area contributed by atoms with Gasteiger partial charge in [0.25, 0.3) is 0 Å². The third-order valence-corrected chi connectivity index (χ3v) is 3.22. The van der Waals surface area contributed by atoms with E-state index in [1.54, 1.807) is 20.8 Å². The molecule has 0 aromatic heterocycles. The van der Waals surface area contributed by atoms with Crippen LogP contribution in [0.1, 0.15) is 40.0 Å². The van der Waals surface area contributed by atoms with Crippen molar-refractivity contribution in [2.75, 3.05) is 0 Å². The molecule has 3 atom stereocenters. The molecule has 3 nitrogen and oxygen atoms in total. The van der Waals surface area contributed by atoms with Gasteiger partial charge in [0.2, 0.25) is 0 Å². The SMILES string of the molecule is CC(C)(O)[C@H]1CC[C@](C)(O)[C@@H](O)C1. The lowest BCUT2D eigenvalue weighted by Crippen LogP contribution is -2.48. The fourth-order valence-corrected chi connectivity index (χ4v) is 1.92. The molecule has 0 amide bonds. The Kier molecular flexibility index (Phi) is 2.72. The van der Waals surface area contributed by atoms with E-state index in [4.69, 9.17) is 0 Å². The predicted molar refractivity (Wildman–Crippen MR) is 50.3 cm³/mol.